The molecule has 0 atom stereocenters. The molecule has 1 amide bonds. The van der Waals surface area contributed by atoms with Gasteiger partial charge in [-0.2, -0.15) is 8.78 Å². The summed E-state index contributed by atoms with van der Waals surface area (Å²) in [5, 5.41) is 17.9. The number of halogens is 3. The normalized spacial score (nSPS) is 10.7. The quantitative estimate of drug-likeness (QED) is 0.638. The van der Waals surface area contributed by atoms with Gasteiger partial charge in [0, 0.05) is 0 Å². The van der Waals surface area contributed by atoms with Gasteiger partial charge in [0.1, 0.15) is 5.75 Å². The minimum Gasteiger partial charge on any atom is -0.433 e. The van der Waals surface area contributed by atoms with E-state index in [-0.39, 0.29) is 11.4 Å². The van der Waals surface area contributed by atoms with E-state index in [9.17, 15) is 23.7 Å². The predicted molar refractivity (Wildman–Crippen MR) is 76.0 cm³/mol. The molecule has 8 nitrogen and oxygen atoms in total. The second kappa shape index (κ2) is 6.57. The topological polar surface area (TPSA) is 110 Å². The number of aryl methyl sites for hydroxylation is 1. The molecule has 0 aliphatic rings. The highest BCUT2D eigenvalue weighted by Crippen LogP contribution is 2.29. The number of carbonyl (C=O) groups excluding carboxylic acids is 1. The van der Waals surface area contributed by atoms with Crippen LogP contribution in [0.15, 0.2) is 18.2 Å². The Kier molecular flexibility index (Phi) is 4.74. The number of H-pyrrole nitrogens is 1. The van der Waals surface area contributed by atoms with E-state index in [0.717, 1.165) is 0 Å². The van der Waals surface area contributed by atoms with Crippen LogP contribution >= 0.6 is 11.6 Å². The molecule has 0 spiro atoms. The Morgan fingerprint density at radius 3 is 2.78 bits per heavy atom. The number of hydrogen-bond donors (Lipinski definition) is 2. The zero-order chi connectivity index (χ0) is 17.1. The number of anilines is 1. The molecule has 1 aromatic carbocycles. The Bertz CT molecular complexity index is 766. The van der Waals surface area contributed by atoms with Crippen molar-refractivity contribution in [2.45, 2.75) is 13.5 Å². The van der Waals surface area contributed by atoms with Crippen LogP contribution in [-0.4, -0.2) is 27.6 Å². The van der Waals surface area contributed by atoms with E-state index in [1.807, 2.05) is 5.10 Å². The van der Waals surface area contributed by atoms with Crippen LogP contribution in [0, 0.1) is 17.0 Å². The molecule has 0 radical (unpaired) electrons. The number of aromatic amines is 1. The Morgan fingerprint density at radius 1 is 1.52 bits per heavy atom. The van der Waals surface area contributed by atoms with Crippen LogP contribution in [0.25, 0.3) is 0 Å². The number of alkyl halides is 2. The Hall–Kier alpha value is -2.75. The van der Waals surface area contributed by atoms with E-state index >= 15 is 0 Å². The fourth-order valence-electron chi connectivity index (χ4n) is 1.71. The first-order valence-corrected chi connectivity index (χ1v) is 6.42. The highest BCUT2D eigenvalue weighted by Gasteiger charge is 2.26. The van der Waals surface area contributed by atoms with Gasteiger partial charge in [-0.05, 0) is 29.5 Å². The molecule has 0 fully saturated rings. The molecule has 1 heterocycles. The molecule has 0 aliphatic heterocycles. The lowest BCUT2D eigenvalue weighted by atomic mass is 10.2. The van der Waals surface area contributed by atoms with Gasteiger partial charge in [0.15, 0.2) is 10.7 Å². The number of benzene rings is 1. The lowest BCUT2D eigenvalue weighted by Crippen LogP contribution is -2.15. The molecule has 0 aliphatic carbocycles. The summed E-state index contributed by atoms with van der Waals surface area (Å²) in [5.74, 6) is -1.82. The fourth-order valence-corrected chi connectivity index (χ4v) is 1.95. The lowest BCUT2D eigenvalue weighted by Gasteiger charge is -2.12. The molecule has 2 N–H and O–H groups in total. The van der Waals surface area contributed by atoms with Crippen molar-refractivity contribution in [2.75, 3.05) is 5.32 Å². The third kappa shape index (κ3) is 3.72. The highest BCUT2D eigenvalue weighted by molar-refractivity contribution is 6.35. The van der Waals surface area contributed by atoms with Crippen molar-refractivity contribution in [1.29, 1.82) is 0 Å². The minimum atomic E-state index is -3.08. The van der Waals surface area contributed by atoms with Gasteiger partial charge in [0.2, 0.25) is 0 Å². The number of aromatic nitrogens is 2. The maximum atomic E-state index is 12.4. The average molecular weight is 347 g/mol. The van der Waals surface area contributed by atoms with E-state index in [4.69, 9.17) is 11.6 Å². The Labute approximate surface area is 132 Å². The first kappa shape index (κ1) is 16.6. The molecular formula is C12H9ClF2N4O4. The lowest BCUT2D eigenvalue weighted by molar-refractivity contribution is -0.389. The number of carbonyl (C=O) groups is 1. The Balaban J connectivity index is 2.30. The van der Waals surface area contributed by atoms with Gasteiger partial charge in [-0.1, -0.05) is 22.8 Å². The predicted octanol–water partition coefficient (Wildman–Crippen LogP) is 3.13. The molecule has 2 rings (SSSR count). The minimum absolute atomic E-state index is 0.0444. The van der Waals surface area contributed by atoms with Crippen LogP contribution in [0.1, 0.15) is 16.1 Å². The summed E-state index contributed by atoms with van der Waals surface area (Å²) in [6, 6.07) is 4.16. The monoisotopic (exact) mass is 346 g/mol. The van der Waals surface area contributed by atoms with Gasteiger partial charge >= 0.3 is 12.4 Å². The second-order valence-electron chi connectivity index (χ2n) is 4.32. The van der Waals surface area contributed by atoms with Crippen LogP contribution in [0.2, 0.25) is 5.02 Å². The van der Waals surface area contributed by atoms with Crippen molar-refractivity contribution >= 4 is 29.0 Å². The molecule has 0 saturated carbocycles. The number of rotatable bonds is 5. The largest absolute Gasteiger partial charge is 0.433 e. The molecule has 0 bridgehead atoms. The molecule has 1 aromatic heterocycles. The van der Waals surface area contributed by atoms with E-state index < -0.39 is 34.0 Å². The molecule has 11 heteroatoms. The van der Waals surface area contributed by atoms with Crippen molar-refractivity contribution in [3.05, 3.63) is 44.6 Å². The molecular weight excluding hydrogens is 338 g/mol. The van der Waals surface area contributed by atoms with Crippen LogP contribution in [0.5, 0.6) is 5.75 Å². The number of amides is 1. The van der Waals surface area contributed by atoms with Crippen LogP contribution in [0.3, 0.4) is 0 Å². The fraction of sp³-hybridized carbons (Fsp3) is 0.167. The van der Waals surface area contributed by atoms with Gasteiger partial charge in [-0.15, -0.1) is 5.10 Å². The third-order valence-corrected chi connectivity index (χ3v) is 3.04. The SMILES string of the molecule is Cc1ccc(OC(F)F)c(NC(=O)c2n[nH]c([N+](=O)[O-])c2Cl)c1. The molecule has 23 heavy (non-hydrogen) atoms. The summed E-state index contributed by atoms with van der Waals surface area (Å²) < 4.78 is 29.0. The zero-order valence-electron chi connectivity index (χ0n) is 11.5. The highest BCUT2D eigenvalue weighted by atomic mass is 35.5. The van der Waals surface area contributed by atoms with E-state index in [1.54, 1.807) is 6.92 Å². The number of nitrogens with one attached hydrogen (secondary N) is 2. The molecule has 2 aromatic rings. The third-order valence-electron chi connectivity index (χ3n) is 2.69. The maximum absolute atomic E-state index is 12.4. The standard InChI is InChI=1S/C12H9ClF2N4O4/c1-5-2-3-7(23-12(14)15)6(4-5)16-11(20)9-8(13)10(18-17-9)19(21)22/h2-4,12H,1H3,(H,16,20)(H,17,18). The number of ether oxygens (including phenoxy) is 1. The van der Waals surface area contributed by atoms with Crippen LogP contribution in [0.4, 0.5) is 20.3 Å². The number of hydrogen-bond acceptors (Lipinski definition) is 5. The van der Waals surface area contributed by atoms with Gasteiger partial charge in [0.25, 0.3) is 5.91 Å². The van der Waals surface area contributed by atoms with E-state index in [1.165, 1.54) is 18.2 Å². The molecule has 122 valence electrons. The van der Waals surface area contributed by atoms with E-state index in [2.05, 4.69) is 15.2 Å². The van der Waals surface area contributed by atoms with Crippen molar-refractivity contribution in [3.63, 3.8) is 0 Å². The molecule has 0 unspecified atom stereocenters. The van der Waals surface area contributed by atoms with Gasteiger partial charge in [-0.3, -0.25) is 4.79 Å². The summed E-state index contributed by atoms with van der Waals surface area (Å²) in [6.07, 6.45) is 0. The summed E-state index contributed by atoms with van der Waals surface area (Å²) in [4.78, 5) is 21.9. The van der Waals surface area contributed by atoms with Crippen molar-refractivity contribution in [2.24, 2.45) is 0 Å². The smallest absolute Gasteiger partial charge is 0.387 e. The Morgan fingerprint density at radius 2 is 2.22 bits per heavy atom. The van der Waals surface area contributed by atoms with Crippen molar-refractivity contribution in [3.8, 4) is 5.75 Å². The van der Waals surface area contributed by atoms with Crippen molar-refractivity contribution < 1.29 is 23.2 Å². The summed E-state index contributed by atoms with van der Waals surface area (Å²) in [5.41, 5.74) is 0.181. The van der Waals surface area contributed by atoms with Gasteiger partial charge in [-0.25, -0.2) is 0 Å². The summed E-state index contributed by atoms with van der Waals surface area (Å²) in [7, 11) is 0. The van der Waals surface area contributed by atoms with Gasteiger partial charge < -0.3 is 20.2 Å². The van der Waals surface area contributed by atoms with E-state index in [0.29, 0.717) is 5.56 Å². The first-order valence-electron chi connectivity index (χ1n) is 6.04. The van der Waals surface area contributed by atoms with Crippen LogP contribution in [-0.2, 0) is 0 Å². The average Bonchev–Trinajstić information content (AvgIpc) is 2.83. The van der Waals surface area contributed by atoms with Crippen LogP contribution < -0.4 is 10.1 Å². The number of nitrogens with zero attached hydrogens (tertiary/aromatic N) is 2. The zero-order valence-corrected chi connectivity index (χ0v) is 12.2. The summed E-state index contributed by atoms with van der Waals surface area (Å²) >= 11 is 5.69. The number of nitro groups is 1. The first-order chi connectivity index (χ1) is 10.8. The second-order valence-corrected chi connectivity index (χ2v) is 4.70. The maximum Gasteiger partial charge on any atom is 0.387 e. The summed E-state index contributed by atoms with van der Waals surface area (Å²) in [6.45, 7) is -1.41. The van der Waals surface area contributed by atoms with Crippen molar-refractivity contribution in [1.82, 2.24) is 10.2 Å². The van der Waals surface area contributed by atoms with Gasteiger partial charge in [0.05, 0.1) is 5.69 Å². The molecule has 0 saturated heterocycles.